The predicted molar refractivity (Wildman–Crippen MR) is 110 cm³/mol. The second kappa shape index (κ2) is 8.17. The van der Waals surface area contributed by atoms with Crippen LogP contribution in [-0.4, -0.2) is 34.7 Å². The summed E-state index contributed by atoms with van der Waals surface area (Å²) in [6.45, 7) is 7.96. The molecule has 1 aliphatic rings. The van der Waals surface area contributed by atoms with Crippen LogP contribution in [0.2, 0.25) is 5.02 Å². The van der Waals surface area contributed by atoms with Gasteiger partial charge in [0, 0.05) is 30.3 Å². The first-order chi connectivity index (χ1) is 12.0. The maximum absolute atomic E-state index is 6.30. The van der Waals surface area contributed by atoms with Crippen LogP contribution in [0.15, 0.2) is 42.5 Å². The maximum atomic E-state index is 6.30. The lowest BCUT2D eigenvalue weighted by Crippen LogP contribution is -2.48. The smallest absolute Gasteiger partial charge is 0.174 e. The molecule has 1 aliphatic heterocycles. The van der Waals surface area contributed by atoms with Gasteiger partial charge in [0.2, 0.25) is 0 Å². The van der Waals surface area contributed by atoms with Crippen LogP contribution < -0.4 is 5.32 Å². The normalized spacial score (nSPS) is 15.2. The molecule has 0 bridgehead atoms. The summed E-state index contributed by atoms with van der Waals surface area (Å²) >= 11 is 11.9. The van der Waals surface area contributed by atoms with Crippen molar-refractivity contribution in [3.8, 4) is 0 Å². The molecule has 5 heteroatoms. The summed E-state index contributed by atoms with van der Waals surface area (Å²) in [4.78, 5) is 4.62. The molecule has 25 heavy (non-hydrogen) atoms. The molecule has 1 N–H and O–H groups in total. The molecule has 0 unspecified atom stereocenters. The van der Waals surface area contributed by atoms with Crippen molar-refractivity contribution in [2.24, 2.45) is 0 Å². The molecule has 0 aromatic heterocycles. The third-order valence-corrected chi connectivity index (χ3v) is 5.40. The maximum Gasteiger partial charge on any atom is 0.174 e. The van der Waals surface area contributed by atoms with E-state index in [9.17, 15) is 0 Å². The van der Waals surface area contributed by atoms with Gasteiger partial charge >= 0.3 is 0 Å². The summed E-state index contributed by atoms with van der Waals surface area (Å²) in [5, 5.41) is 4.99. The van der Waals surface area contributed by atoms with Gasteiger partial charge in [-0.25, -0.2) is 0 Å². The first-order valence-electron chi connectivity index (χ1n) is 8.62. The molecule has 0 spiro atoms. The van der Waals surface area contributed by atoms with E-state index in [2.05, 4.69) is 53.2 Å². The number of nitrogens with one attached hydrogen (secondary N) is 1. The molecule has 0 atom stereocenters. The van der Waals surface area contributed by atoms with Crippen molar-refractivity contribution in [1.29, 1.82) is 0 Å². The van der Waals surface area contributed by atoms with E-state index in [0.717, 1.165) is 48.5 Å². The van der Waals surface area contributed by atoms with E-state index in [-0.39, 0.29) is 0 Å². The summed E-state index contributed by atoms with van der Waals surface area (Å²) in [6, 6.07) is 14.4. The fourth-order valence-electron chi connectivity index (χ4n) is 3.05. The number of nitrogens with zero attached hydrogens (tertiary/aromatic N) is 2. The lowest BCUT2D eigenvalue weighted by Gasteiger charge is -2.37. The minimum atomic E-state index is 0.784. The molecule has 132 valence electrons. The van der Waals surface area contributed by atoms with Crippen molar-refractivity contribution in [2.75, 3.05) is 25.1 Å². The molecule has 3 nitrogen and oxygen atoms in total. The minimum absolute atomic E-state index is 0.784. The molecule has 3 rings (SSSR count). The second-order valence-corrected chi connectivity index (χ2v) is 7.43. The average Bonchev–Trinajstić information content (AvgIpc) is 2.60. The van der Waals surface area contributed by atoms with Crippen molar-refractivity contribution in [3.63, 3.8) is 0 Å². The van der Waals surface area contributed by atoms with Gasteiger partial charge in [-0.1, -0.05) is 35.9 Å². The van der Waals surface area contributed by atoms with Crippen LogP contribution in [0.3, 0.4) is 0 Å². The van der Waals surface area contributed by atoms with Crippen LogP contribution >= 0.6 is 23.8 Å². The van der Waals surface area contributed by atoms with E-state index in [4.69, 9.17) is 23.8 Å². The van der Waals surface area contributed by atoms with Crippen LogP contribution in [0.1, 0.15) is 23.1 Å². The molecule has 1 heterocycles. The van der Waals surface area contributed by atoms with Crippen LogP contribution in [0.25, 0.3) is 0 Å². The number of thiocarbonyl (C=S) groups is 1. The second-order valence-electron chi connectivity index (χ2n) is 6.63. The Bertz CT molecular complexity index is 762. The van der Waals surface area contributed by atoms with E-state index in [1.807, 2.05) is 18.2 Å². The van der Waals surface area contributed by atoms with Gasteiger partial charge in [-0.15, -0.1) is 0 Å². The van der Waals surface area contributed by atoms with Gasteiger partial charge in [0.05, 0.1) is 6.67 Å². The number of rotatable bonds is 3. The van der Waals surface area contributed by atoms with Crippen LogP contribution in [0.4, 0.5) is 5.69 Å². The summed E-state index contributed by atoms with van der Waals surface area (Å²) in [7, 11) is 0. The standard InChI is InChI=1S/C20H24ClN3S/c1-15-8-9-18(12-16(15)2)22-20(25)24-11-5-10-23(14-24)13-17-6-3-4-7-19(17)21/h3-4,6-9,12H,5,10-11,13-14H2,1-2H3,(H,22,25). The van der Waals surface area contributed by atoms with Crippen LogP contribution in [0, 0.1) is 13.8 Å². The fourth-order valence-corrected chi connectivity index (χ4v) is 3.51. The number of hydrogen-bond donors (Lipinski definition) is 1. The Morgan fingerprint density at radius 3 is 2.68 bits per heavy atom. The molecule has 0 saturated carbocycles. The number of hydrogen-bond acceptors (Lipinski definition) is 2. The monoisotopic (exact) mass is 373 g/mol. The molecule has 1 fully saturated rings. The van der Waals surface area contributed by atoms with E-state index in [0.29, 0.717) is 0 Å². The summed E-state index contributed by atoms with van der Waals surface area (Å²) in [5.41, 5.74) is 4.78. The highest BCUT2D eigenvalue weighted by atomic mass is 35.5. The molecule has 1 saturated heterocycles. The van der Waals surface area contributed by atoms with Gasteiger partial charge in [0.25, 0.3) is 0 Å². The number of aryl methyl sites for hydroxylation is 2. The minimum Gasteiger partial charge on any atom is -0.336 e. The Kier molecular flexibility index (Phi) is 5.94. The zero-order chi connectivity index (χ0) is 17.8. The number of halogens is 1. The molecule has 0 amide bonds. The highest BCUT2D eigenvalue weighted by Crippen LogP contribution is 2.20. The Morgan fingerprint density at radius 2 is 1.92 bits per heavy atom. The number of anilines is 1. The summed E-state index contributed by atoms with van der Waals surface area (Å²) in [5.74, 6) is 0. The van der Waals surface area contributed by atoms with E-state index < -0.39 is 0 Å². The van der Waals surface area contributed by atoms with Crippen molar-refractivity contribution in [3.05, 3.63) is 64.2 Å². The summed E-state index contributed by atoms with van der Waals surface area (Å²) in [6.07, 6.45) is 1.10. The van der Waals surface area contributed by atoms with Gasteiger partial charge in [-0.05, 0) is 67.4 Å². The van der Waals surface area contributed by atoms with Crippen molar-refractivity contribution >= 4 is 34.6 Å². The summed E-state index contributed by atoms with van der Waals surface area (Å²) < 4.78 is 0. The third-order valence-electron chi connectivity index (χ3n) is 4.67. The molecular weight excluding hydrogens is 350 g/mol. The molecule has 2 aromatic rings. The van der Waals surface area contributed by atoms with Crippen LogP contribution in [0.5, 0.6) is 0 Å². The zero-order valence-electron chi connectivity index (χ0n) is 14.8. The average molecular weight is 374 g/mol. The third kappa shape index (κ3) is 4.72. The first kappa shape index (κ1) is 18.2. The van der Waals surface area contributed by atoms with Gasteiger partial charge in [0.1, 0.15) is 0 Å². The Hall–Kier alpha value is -1.62. The van der Waals surface area contributed by atoms with Gasteiger partial charge in [-0.2, -0.15) is 0 Å². The van der Waals surface area contributed by atoms with Gasteiger partial charge < -0.3 is 10.2 Å². The Balaban J connectivity index is 1.61. The Labute approximate surface area is 160 Å². The largest absolute Gasteiger partial charge is 0.336 e. The molecule has 0 radical (unpaired) electrons. The van der Waals surface area contributed by atoms with Gasteiger partial charge in [0.15, 0.2) is 5.11 Å². The van der Waals surface area contributed by atoms with Crippen molar-refractivity contribution in [1.82, 2.24) is 9.80 Å². The quantitative estimate of drug-likeness (QED) is 0.777. The fraction of sp³-hybridized carbons (Fsp3) is 0.350. The molecule has 0 aliphatic carbocycles. The molecule has 2 aromatic carbocycles. The number of benzene rings is 2. The van der Waals surface area contributed by atoms with E-state index in [1.165, 1.54) is 16.7 Å². The van der Waals surface area contributed by atoms with E-state index >= 15 is 0 Å². The zero-order valence-corrected chi connectivity index (χ0v) is 16.3. The first-order valence-corrected chi connectivity index (χ1v) is 9.40. The Morgan fingerprint density at radius 1 is 1.12 bits per heavy atom. The van der Waals surface area contributed by atoms with Crippen LogP contribution in [-0.2, 0) is 6.54 Å². The molecular formula is C20H24ClN3S. The SMILES string of the molecule is Cc1ccc(NC(=S)N2CCCN(Cc3ccccc3Cl)C2)cc1C. The lowest BCUT2D eigenvalue weighted by atomic mass is 10.1. The van der Waals surface area contributed by atoms with Crippen molar-refractivity contribution in [2.45, 2.75) is 26.8 Å². The topological polar surface area (TPSA) is 18.5 Å². The highest BCUT2D eigenvalue weighted by molar-refractivity contribution is 7.80. The van der Waals surface area contributed by atoms with Gasteiger partial charge in [-0.3, -0.25) is 4.90 Å². The van der Waals surface area contributed by atoms with Crippen molar-refractivity contribution < 1.29 is 0 Å². The predicted octanol–water partition coefficient (Wildman–Crippen LogP) is 4.82. The highest BCUT2D eigenvalue weighted by Gasteiger charge is 2.20. The van der Waals surface area contributed by atoms with E-state index in [1.54, 1.807) is 0 Å². The lowest BCUT2D eigenvalue weighted by molar-refractivity contribution is 0.134.